The zero-order valence-electron chi connectivity index (χ0n) is 19.9. The summed E-state index contributed by atoms with van der Waals surface area (Å²) < 4.78 is 35.8. The lowest BCUT2D eigenvalue weighted by molar-refractivity contribution is 0.0956. The number of amides is 1. The van der Waals surface area contributed by atoms with E-state index in [1.165, 1.54) is 24.0 Å². The summed E-state index contributed by atoms with van der Waals surface area (Å²) >= 11 is 0. The highest BCUT2D eigenvalue weighted by molar-refractivity contribution is 7.90. The smallest absolute Gasteiger partial charge is 0.252 e. The fourth-order valence-electron chi connectivity index (χ4n) is 4.22. The molecule has 0 radical (unpaired) electrons. The third kappa shape index (κ3) is 5.44. The molecule has 3 N–H and O–H groups in total. The SMILES string of the molecule is CNCc1ccc(-c2[nH]c3cc(F)cc4c3c2CCNC4=O)cc1.Cc1ccc(S(C)(=O)=O)cc1. The number of hydrogen-bond acceptors (Lipinski definition) is 4. The molecule has 1 aliphatic heterocycles. The molecule has 0 saturated heterocycles. The van der Waals surface area contributed by atoms with Crippen LogP contribution in [0.15, 0.2) is 65.6 Å². The van der Waals surface area contributed by atoms with Gasteiger partial charge in [-0.2, -0.15) is 0 Å². The summed E-state index contributed by atoms with van der Waals surface area (Å²) in [6, 6.07) is 17.9. The van der Waals surface area contributed by atoms with E-state index in [1.54, 1.807) is 24.3 Å². The average Bonchev–Trinajstić information content (AvgIpc) is 3.08. The number of H-pyrrole nitrogens is 1. The number of rotatable bonds is 4. The minimum absolute atomic E-state index is 0.215. The van der Waals surface area contributed by atoms with Crippen LogP contribution in [0.3, 0.4) is 0 Å². The van der Waals surface area contributed by atoms with Crippen molar-refractivity contribution in [2.24, 2.45) is 0 Å². The molecule has 6 nitrogen and oxygen atoms in total. The normalized spacial score (nSPS) is 13.1. The van der Waals surface area contributed by atoms with Gasteiger partial charge in [0.05, 0.1) is 10.5 Å². The molecule has 0 saturated carbocycles. The van der Waals surface area contributed by atoms with E-state index in [9.17, 15) is 17.6 Å². The van der Waals surface area contributed by atoms with Gasteiger partial charge in [-0.1, -0.05) is 42.0 Å². The number of sulfone groups is 1. The molecule has 4 aromatic rings. The number of carbonyl (C=O) groups excluding carboxylic acids is 1. The van der Waals surface area contributed by atoms with Gasteiger partial charge in [-0.15, -0.1) is 0 Å². The lowest BCUT2D eigenvalue weighted by Crippen LogP contribution is -2.23. The number of carbonyl (C=O) groups is 1. The minimum Gasteiger partial charge on any atom is -0.354 e. The molecular weight excluding hydrogens is 465 g/mol. The van der Waals surface area contributed by atoms with Crippen LogP contribution in [-0.4, -0.2) is 39.2 Å². The van der Waals surface area contributed by atoms with Gasteiger partial charge in [0.1, 0.15) is 5.82 Å². The van der Waals surface area contributed by atoms with Gasteiger partial charge in [0.25, 0.3) is 5.91 Å². The largest absolute Gasteiger partial charge is 0.354 e. The van der Waals surface area contributed by atoms with Crippen molar-refractivity contribution in [3.8, 4) is 11.3 Å². The Kier molecular flexibility index (Phi) is 7.05. The molecule has 0 unspecified atom stereocenters. The van der Waals surface area contributed by atoms with Crippen molar-refractivity contribution in [1.82, 2.24) is 15.6 Å². The first kappa shape index (κ1) is 24.6. The Hall–Kier alpha value is -3.49. The van der Waals surface area contributed by atoms with E-state index in [2.05, 4.69) is 39.9 Å². The van der Waals surface area contributed by atoms with E-state index in [1.807, 2.05) is 14.0 Å². The third-order valence-electron chi connectivity index (χ3n) is 5.94. The first-order chi connectivity index (χ1) is 16.7. The number of benzene rings is 3. The Balaban J connectivity index is 0.000000221. The van der Waals surface area contributed by atoms with E-state index in [0.29, 0.717) is 22.5 Å². The van der Waals surface area contributed by atoms with Crippen molar-refractivity contribution in [2.75, 3.05) is 19.8 Å². The average molecular weight is 494 g/mol. The van der Waals surface area contributed by atoms with Crippen LogP contribution in [0.4, 0.5) is 4.39 Å². The monoisotopic (exact) mass is 493 g/mol. The topological polar surface area (TPSA) is 91.1 Å². The second-order valence-corrected chi connectivity index (χ2v) is 10.7. The molecule has 2 heterocycles. The van der Waals surface area contributed by atoms with Crippen LogP contribution in [-0.2, 0) is 22.8 Å². The Morgan fingerprint density at radius 2 is 1.71 bits per heavy atom. The molecule has 1 aromatic heterocycles. The number of nitrogens with one attached hydrogen (secondary N) is 3. The summed E-state index contributed by atoms with van der Waals surface area (Å²) in [7, 11) is -1.10. The van der Waals surface area contributed by atoms with Crippen LogP contribution in [0.2, 0.25) is 0 Å². The maximum absolute atomic E-state index is 13.9. The second-order valence-electron chi connectivity index (χ2n) is 8.67. The fraction of sp³-hybridized carbons (Fsp3) is 0.222. The van der Waals surface area contributed by atoms with Crippen LogP contribution < -0.4 is 10.6 Å². The zero-order valence-corrected chi connectivity index (χ0v) is 20.7. The molecule has 3 aromatic carbocycles. The van der Waals surface area contributed by atoms with E-state index in [4.69, 9.17) is 0 Å². The molecule has 1 aliphatic rings. The molecule has 0 fully saturated rings. The van der Waals surface area contributed by atoms with Gasteiger partial charge in [-0.05, 0) is 61.3 Å². The molecule has 5 rings (SSSR count). The van der Waals surface area contributed by atoms with Crippen LogP contribution >= 0.6 is 0 Å². The van der Waals surface area contributed by atoms with E-state index >= 15 is 0 Å². The predicted octanol–water partition coefficient (Wildman–Crippen LogP) is 4.38. The molecule has 0 aliphatic carbocycles. The van der Waals surface area contributed by atoms with Gasteiger partial charge in [-0.3, -0.25) is 4.79 Å². The number of halogens is 1. The van der Waals surface area contributed by atoms with E-state index in [0.717, 1.165) is 40.7 Å². The minimum atomic E-state index is -3.02. The Labute approximate surface area is 204 Å². The highest BCUT2D eigenvalue weighted by Crippen LogP contribution is 2.34. The summed E-state index contributed by atoms with van der Waals surface area (Å²) in [6.45, 7) is 3.28. The Morgan fingerprint density at radius 1 is 1.03 bits per heavy atom. The molecule has 0 atom stereocenters. The fourth-order valence-corrected chi connectivity index (χ4v) is 4.85. The summed E-state index contributed by atoms with van der Waals surface area (Å²) in [4.78, 5) is 15.9. The number of aromatic nitrogens is 1. The van der Waals surface area contributed by atoms with Crippen molar-refractivity contribution < 1.29 is 17.6 Å². The lowest BCUT2D eigenvalue weighted by atomic mass is 9.99. The number of hydrogen-bond donors (Lipinski definition) is 3. The van der Waals surface area contributed by atoms with Crippen LogP contribution in [0.1, 0.15) is 27.0 Å². The van der Waals surface area contributed by atoms with Gasteiger partial charge < -0.3 is 15.6 Å². The molecule has 0 bridgehead atoms. The maximum atomic E-state index is 13.9. The Bertz CT molecular complexity index is 1480. The molecule has 0 spiro atoms. The first-order valence-corrected chi connectivity index (χ1v) is 13.2. The van der Waals surface area contributed by atoms with Crippen LogP contribution in [0.25, 0.3) is 22.2 Å². The third-order valence-corrected chi connectivity index (χ3v) is 7.07. The molecule has 1 amide bonds. The highest BCUT2D eigenvalue weighted by Gasteiger charge is 2.23. The van der Waals surface area contributed by atoms with Gasteiger partial charge in [0.15, 0.2) is 9.84 Å². The van der Waals surface area contributed by atoms with Crippen molar-refractivity contribution in [2.45, 2.75) is 24.8 Å². The number of aryl methyl sites for hydroxylation is 1. The van der Waals surface area contributed by atoms with Gasteiger partial charge in [0, 0.05) is 35.9 Å². The quantitative estimate of drug-likeness (QED) is 0.394. The van der Waals surface area contributed by atoms with Crippen LogP contribution in [0.5, 0.6) is 0 Å². The second kappa shape index (κ2) is 10.0. The maximum Gasteiger partial charge on any atom is 0.252 e. The molecular formula is C27H28FN3O3S. The summed E-state index contributed by atoms with van der Waals surface area (Å²) in [5.74, 6) is -0.619. The molecule has 35 heavy (non-hydrogen) atoms. The Morgan fingerprint density at radius 3 is 2.34 bits per heavy atom. The van der Waals surface area contributed by atoms with Crippen molar-refractivity contribution in [1.29, 1.82) is 0 Å². The lowest BCUT2D eigenvalue weighted by Gasteiger charge is -2.06. The predicted molar refractivity (Wildman–Crippen MR) is 137 cm³/mol. The number of aromatic amines is 1. The van der Waals surface area contributed by atoms with Crippen molar-refractivity contribution in [3.05, 3.63) is 88.7 Å². The standard InChI is InChI=1S/C19H18FN3O.C8H10O2S/c1-21-10-11-2-4-12(5-3-11)18-14-6-7-22-19(24)15-8-13(20)9-16(23-18)17(14)15;1-7-3-5-8(6-4-7)11(2,9)10/h2-5,8-9,21,23H,6-7,10H2,1H3,(H,22,24);3-6H,1-2H3. The zero-order chi connectivity index (χ0) is 25.2. The van der Waals surface area contributed by atoms with Crippen LogP contribution in [0, 0.1) is 12.7 Å². The van der Waals surface area contributed by atoms with Gasteiger partial charge >= 0.3 is 0 Å². The summed E-state index contributed by atoms with van der Waals surface area (Å²) in [5.41, 5.74) is 6.42. The molecule has 8 heteroatoms. The van der Waals surface area contributed by atoms with Gasteiger partial charge in [-0.25, -0.2) is 12.8 Å². The van der Waals surface area contributed by atoms with Crippen molar-refractivity contribution in [3.63, 3.8) is 0 Å². The highest BCUT2D eigenvalue weighted by atomic mass is 32.2. The van der Waals surface area contributed by atoms with E-state index < -0.39 is 15.7 Å². The van der Waals surface area contributed by atoms with E-state index in [-0.39, 0.29) is 5.91 Å². The van der Waals surface area contributed by atoms with Gasteiger partial charge in [0.2, 0.25) is 0 Å². The summed E-state index contributed by atoms with van der Waals surface area (Å²) in [6.07, 6.45) is 1.93. The molecule has 182 valence electrons. The first-order valence-electron chi connectivity index (χ1n) is 11.3. The summed E-state index contributed by atoms with van der Waals surface area (Å²) in [5, 5.41) is 6.80. The van der Waals surface area contributed by atoms with Crippen molar-refractivity contribution >= 4 is 26.6 Å².